The minimum Gasteiger partial charge on any atom is -0.0654 e. The monoisotopic (exact) mass is 252 g/mol. The summed E-state index contributed by atoms with van der Waals surface area (Å²) in [4.78, 5) is 0. The number of hydrogen-bond donors (Lipinski definition) is 0. The van der Waals surface area contributed by atoms with Crippen LogP contribution in [0.3, 0.4) is 0 Å². The molecule has 2 atom stereocenters. The summed E-state index contributed by atoms with van der Waals surface area (Å²) >= 11 is 0. The van der Waals surface area contributed by atoms with E-state index in [0.29, 0.717) is 0 Å². The topological polar surface area (TPSA) is 0 Å². The molecule has 0 unspecified atom stereocenters. The van der Waals surface area contributed by atoms with E-state index in [4.69, 9.17) is 0 Å². The zero-order chi connectivity index (χ0) is 13.1. The van der Waals surface area contributed by atoms with Gasteiger partial charge in [0.05, 0.1) is 0 Å². The van der Waals surface area contributed by atoms with Crippen LogP contribution >= 0.6 is 0 Å². The molecule has 0 saturated heterocycles. The van der Waals surface area contributed by atoms with E-state index in [1.807, 2.05) is 0 Å². The first-order valence-corrected chi connectivity index (χ1v) is 8.88. The van der Waals surface area contributed by atoms with Crippen LogP contribution in [0.4, 0.5) is 0 Å². The van der Waals surface area contributed by atoms with Gasteiger partial charge in [0, 0.05) is 0 Å². The number of rotatable bonds is 13. The van der Waals surface area contributed by atoms with E-state index in [2.05, 4.69) is 13.8 Å². The molecular weight excluding hydrogens is 216 g/mol. The Morgan fingerprint density at radius 2 is 1.00 bits per heavy atom. The van der Waals surface area contributed by atoms with E-state index >= 15 is 0 Å². The second-order valence-corrected chi connectivity index (χ2v) is 6.52. The second-order valence-electron chi connectivity index (χ2n) is 6.52. The van der Waals surface area contributed by atoms with Crippen molar-refractivity contribution in [1.82, 2.24) is 0 Å². The van der Waals surface area contributed by atoms with Gasteiger partial charge in [0.2, 0.25) is 0 Å². The molecule has 1 saturated carbocycles. The summed E-state index contributed by atoms with van der Waals surface area (Å²) in [5.74, 6) is 2.28. The molecule has 18 heavy (non-hydrogen) atoms. The predicted molar refractivity (Wildman–Crippen MR) is 83.0 cm³/mol. The van der Waals surface area contributed by atoms with Crippen molar-refractivity contribution in [1.29, 1.82) is 0 Å². The van der Waals surface area contributed by atoms with Crippen LogP contribution in [0.5, 0.6) is 0 Å². The van der Waals surface area contributed by atoms with Crippen molar-refractivity contribution in [2.24, 2.45) is 11.8 Å². The van der Waals surface area contributed by atoms with Gasteiger partial charge in [-0.1, -0.05) is 97.3 Å². The first-order valence-electron chi connectivity index (χ1n) is 8.88. The Labute approximate surface area is 116 Å². The summed E-state index contributed by atoms with van der Waals surface area (Å²) in [6.45, 7) is 4.61. The maximum Gasteiger partial charge on any atom is -0.0383 e. The molecule has 1 aliphatic carbocycles. The lowest BCUT2D eigenvalue weighted by atomic mass is 10.0. The molecule has 0 N–H and O–H groups in total. The lowest BCUT2D eigenvalue weighted by molar-refractivity contribution is 0.521. The molecule has 1 fully saturated rings. The van der Waals surface area contributed by atoms with Gasteiger partial charge in [0.1, 0.15) is 0 Å². The molecule has 0 aliphatic heterocycles. The maximum absolute atomic E-state index is 2.32. The highest BCUT2D eigenvalue weighted by Crippen LogP contribution is 2.45. The van der Waals surface area contributed by atoms with Gasteiger partial charge < -0.3 is 0 Å². The van der Waals surface area contributed by atoms with Crippen molar-refractivity contribution in [3.63, 3.8) is 0 Å². The van der Waals surface area contributed by atoms with E-state index in [0.717, 1.165) is 11.8 Å². The van der Waals surface area contributed by atoms with Crippen molar-refractivity contribution < 1.29 is 0 Å². The molecule has 0 aromatic heterocycles. The van der Waals surface area contributed by atoms with Crippen LogP contribution in [0.2, 0.25) is 0 Å². The minimum atomic E-state index is 1.14. The Balaban J connectivity index is 1.72. The third-order valence-electron chi connectivity index (χ3n) is 4.68. The molecule has 0 aromatic carbocycles. The lowest BCUT2D eigenvalue weighted by Gasteiger charge is -2.02. The van der Waals surface area contributed by atoms with Crippen molar-refractivity contribution >= 4 is 0 Å². The highest BCUT2D eigenvalue weighted by Gasteiger charge is 2.34. The van der Waals surface area contributed by atoms with Gasteiger partial charge in [-0.2, -0.15) is 0 Å². The van der Waals surface area contributed by atoms with Crippen LogP contribution in [-0.4, -0.2) is 0 Å². The van der Waals surface area contributed by atoms with E-state index in [1.165, 1.54) is 77.0 Å². The highest BCUT2D eigenvalue weighted by molar-refractivity contribution is 4.85. The zero-order valence-electron chi connectivity index (χ0n) is 13.1. The summed E-state index contributed by atoms with van der Waals surface area (Å²) in [6.07, 6.45) is 20.8. The van der Waals surface area contributed by atoms with Crippen LogP contribution in [-0.2, 0) is 0 Å². The molecular formula is C18H36. The van der Waals surface area contributed by atoms with E-state index < -0.39 is 0 Å². The van der Waals surface area contributed by atoms with Crippen LogP contribution in [0.25, 0.3) is 0 Å². The van der Waals surface area contributed by atoms with E-state index in [-0.39, 0.29) is 0 Å². The van der Waals surface area contributed by atoms with Gasteiger partial charge in [-0.25, -0.2) is 0 Å². The van der Waals surface area contributed by atoms with Crippen LogP contribution < -0.4 is 0 Å². The van der Waals surface area contributed by atoms with Gasteiger partial charge in [0.15, 0.2) is 0 Å². The van der Waals surface area contributed by atoms with Crippen molar-refractivity contribution in [2.45, 2.75) is 104 Å². The Morgan fingerprint density at radius 3 is 1.56 bits per heavy atom. The molecule has 1 aliphatic rings. The molecule has 0 bridgehead atoms. The van der Waals surface area contributed by atoms with Crippen LogP contribution in [0.1, 0.15) is 104 Å². The van der Waals surface area contributed by atoms with Crippen LogP contribution in [0, 0.1) is 11.8 Å². The standard InChI is InChI=1S/C18H36/c1-3-5-7-8-9-10-11-12-13-15-18-16-17(18)14-6-4-2/h17-18H,3-16H2,1-2H3/t17-,18-/m0/s1. The third kappa shape index (κ3) is 8.16. The normalized spacial score (nSPS) is 22.3. The zero-order valence-corrected chi connectivity index (χ0v) is 13.1. The highest BCUT2D eigenvalue weighted by atomic mass is 14.4. The Morgan fingerprint density at radius 1 is 0.556 bits per heavy atom. The lowest BCUT2D eigenvalue weighted by Crippen LogP contribution is -1.86. The molecule has 0 spiro atoms. The maximum atomic E-state index is 2.32. The molecule has 0 radical (unpaired) electrons. The molecule has 0 aromatic rings. The Bertz CT molecular complexity index is 173. The first-order chi connectivity index (χ1) is 8.88. The van der Waals surface area contributed by atoms with Crippen molar-refractivity contribution in [3.05, 3.63) is 0 Å². The average Bonchev–Trinajstić information content (AvgIpc) is 3.13. The fraction of sp³-hybridized carbons (Fsp3) is 1.00. The number of hydrogen-bond acceptors (Lipinski definition) is 0. The van der Waals surface area contributed by atoms with Gasteiger partial charge >= 0.3 is 0 Å². The van der Waals surface area contributed by atoms with Crippen molar-refractivity contribution in [2.75, 3.05) is 0 Å². The fourth-order valence-electron chi connectivity index (χ4n) is 3.20. The Kier molecular flexibility index (Phi) is 9.70. The van der Waals surface area contributed by atoms with Gasteiger partial charge in [0.25, 0.3) is 0 Å². The van der Waals surface area contributed by atoms with Crippen molar-refractivity contribution in [3.8, 4) is 0 Å². The molecule has 0 nitrogen and oxygen atoms in total. The molecule has 0 amide bonds. The van der Waals surface area contributed by atoms with Crippen LogP contribution in [0.15, 0.2) is 0 Å². The molecule has 108 valence electrons. The molecule has 0 heteroatoms. The molecule has 0 heterocycles. The molecule has 1 rings (SSSR count). The van der Waals surface area contributed by atoms with E-state index in [1.54, 1.807) is 12.8 Å². The quantitative estimate of drug-likeness (QED) is 0.319. The summed E-state index contributed by atoms with van der Waals surface area (Å²) in [7, 11) is 0. The fourth-order valence-corrected chi connectivity index (χ4v) is 3.20. The largest absolute Gasteiger partial charge is 0.0654 e. The second kappa shape index (κ2) is 10.9. The first kappa shape index (κ1) is 16.1. The summed E-state index contributed by atoms with van der Waals surface area (Å²) < 4.78 is 0. The summed E-state index contributed by atoms with van der Waals surface area (Å²) in [6, 6.07) is 0. The van der Waals surface area contributed by atoms with E-state index in [9.17, 15) is 0 Å². The summed E-state index contributed by atoms with van der Waals surface area (Å²) in [5.41, 5.74) is 0. The third-order valence-corrected chi connectivity index (χ3v) is 4.68. The smallest absolute Gasteiger partial charge is 0.0383 e. The summed E-state index contributed by atoms with van der Waals surface area (Å²) in [5, 5.41) is 0. The average molecular weight is 252 g/mol. The number of unbranched alkanes of at least 4 members (excludes halogenated alkanes) is 9. The minimum absolute atomic E-state index is 1.14. The Hall–Kier alpha value is 0. The SMILES string of the molecule is CCCCCCCCCCC[C@H]1C[C@@H]1CCCC. The van der Waals surface area contributed by atoms with Gasteiger partial charge in [-0.05, 0) is 18.3 Å². The van der Waals surface area contributed by atoms with Gasteiger partial charge in [-0.15, -0.1) is 0 Å². The van der Waals surface area contributed by atoms with Gasteiger partial charge in [-0.3, -0.25) is 0 Å². The predicted octanol–water partition coefficient (Wildman–Crippen LogP) is 6.73.